The summed E-state index contributed by atoms with van der Waals surface area (Å²) >= 11 is 6.09. The average Bonchev–Trinajstić information content (AvgIpc) is 3.22. The molecular weight excluding hydrogens is 412 g/mol. The summed E-state index contributed by atoms with van der Waals surface area (Å²) < 4.78 is 6.08. The van der Waals surface area contributed by atoms with Gasteiger partial charge in [-0.3, -0.25) is 14.7 Å². The van der Waals surface area contributed by atoms with Gasteiger partial charge in [-0.1, -0.05) is 29.8 Å². The smallest absolute Gasteiger partial charge is 0.237 e. The lowest BCUT2D eigenvalue weighted by Crippen LogP contribution is -2.43. The number of carbonyl (C=O) groups is 1. The highest BCUT2D eigenvalue weighted by molar-refractivity contribution is 6.30. The van der Waals surface area contributed by atoms with E-state index >= 15 is 0 Å². The quantitative estimate of drug-likeness (QED) is 0.543. The first-order valence-corrected chi connectivity index (χ1v) is 11.0. The molecule has 3 aromatic rings. The normalized spacial score (nSPS) is 16.6. The van der Waals surface area contributed by atoms with E-state index in [0.29, 0.717) is 30.4 Å². The van der Waals surface area contributed by atoms with Crippen LogP contribution < -0.4 is 0 Å². The molecule has 2 aromatic heterocycles. The fourth-order valence-electron chi connectivity index (χ4n) is 4.04. The summed E-state index contributed by atoms with van der Waals surface area (Å²) in [5.74, 6) is 1.50. The third-order valence-electron chi connectivity index (χ3n) is 5.51. The van der Waals surface area contributed by atoms with Crippen molar-refractivity contribution in [2.24, 2.45) is 0 Å². The Bertz CT molecular complexity index is 1010. The summed E-state index contributed by atoms with van der Waals surface area (Å²) in [4.78, 5) is 25.9. The second-order valence-corrected chi connectivity index (χ2v) is 8.50. The van der Waals surface area contributed by atoms with Gasteiger partial charge in [-0.2, -0.15) is 0 Å². The zero-order chi connectivity index (χ0) is 21.6. The number of rotatable bonds is 7. The molecule has 1 amide bonds. The molecule has 1 aliphatic heterocycles. The molecule has 3 heterocycles. The highest BCUT2D eigenvalue weighted by atomic mass is 35.5. The first-order valence-electron chi connectivity index (χ1n) is 10.7. The van der Waals surface area contributed by atoms with Crippen molar-refractivity contribution >= 4 is 17.5 Å². The number of nitrogens with zero attached hydrogens (tertiary/aromatic N) is 4. The number of benzene rings is 1. The summed E-state index contributed by atoms with van der Waals surface area (Å²) in [6, 6.07) is 13.4. The molecule has 1 atom stereocenters. The third kappa shape index (κ3) is 5.71. The lowest BCUT2D eigenvalue weighted by Gasteiger charge is -2.34. The molecule has 1 fully saturated rings. The molecule has 0 radical (unpaired) electrons. The van der Waals surface area contributed by atoms with E-state index in [4.69, 9.17) is 16.0 Å². The Hall–Kier alpha value is -2.70. The summed E-state index contributed by atoms with van der Waals surface area (Å²) in [7, 11) is 1.94. The number of hydrogen-bond acceptors (Lipinski definition) is 5. The van der Waals surface area contributed by atoms with Crippen molar-refractivity contribution in [1.29, 1.82) is 0 Å². The van der Waals surface area contributed by atoms with Gasteiger partial charge in [0.15, 0.2) is 0 Å². The molecular formula is C24H27ClN4O2. The van der Waals surface area contributed by atoms with Gasteiger partial charge in [0.05, 0.1) is 18.4 Å². The van der Waals surface area contributed by atoms with Gasteiger partial charge >= 0.3 is 0 Å². The van der Waals surface area contributed by atoms with Crippen LogP contribution in [0.5, 0.6) is 0 Å². The second-order valence-electron chi connectivity index (χ2n) is 8.06. The van der Waals surface area contributed by atoms with E-state index in [0.717, 1.165) is 42.8 Å². The van der Waals surface area contributed by atoms with Crippen molar-refractivity contribution in [2.75, 3.05) is 20.1 Å². The summed E-state index contributed by atoms with van der Waals surface area (Å²) in [6.07, 6.45) is 7.09. The fraction of sp³-hybridized carbons (Fsp3) is 0.375. The maximum atomic E-state index is 13.1. The number of oxazole rings is 1. The van der Waals surface area contributed by atoms with Gasteiger partial charge < -0.3 is 9.32 Å². The second kappa shape index (κ2) is 10.1. The first-order chi connectivity index (χ1) is 15.1. The molecule has 0 saturated carbocycles. The van der Waals surface area contributed by atoms with Crippen LogP contribution in [-0.2, 0) is 17.8 Å². The molecule has 1 aliphatic rings. The number of likely N-dealkylation sites (N-methyl/N-ethyl adjacent to an activating group) is 1. The predicted molar refractivity (Wildman–Crippen MR) is 120 cm³/mol. The lowest BCUT2D eigenvalue weighted by atomic mass is 10.0. The van der Waals surface area contributed by atoms with Crippen LogP contribution >= 0.6 is 11.6 Å². The van der Waals surface area contributed by atoms with Gasteiger partial charge in [-0.15, -0.1) is 0 Å². The van der Waals surface area contributed by atoms with Crippen LogP contribution in [0.4, 0.5) is 0 Å². The van der Waals surface area contributed by atoms with Crippen molar-refractivity contribution in [1.82, 2.24) is 19.8 Å². The van der Waals surface area contributed by atoms with Gasteiger partial charge in [0.2, 0.25) is 11.8 Å². The predicted octanol–water partition coefficient (Wildman–Crippen LogP) is 4.50. The van der Waals surface area contributed by atoms with E-state index < -0.39 is 0 Å². The molecule has 4 rings (SSSR count). The molecule has 162 valence electrons. The van der Waals surface area contributed by atoms with Gasteiger partial charge in [-0.05, 0) is 56.1 Å². The molecule has 0 spiro atoms. The van der Waals surface area contributed by atoms with Crippen LogP contribution in [0.2, 0.25) is 5.02 Å². The maximum Gasteiger partial charge on any atom is 0.237 e. The number of amides is 1. The van der Waals surface area contributed by atoms with E-state index in [-0.39, 0.29) is 11.9 Å². The number of aromatic nitrogens is 2. The van der Waals surface area contributed by atoms with Gasteiger partial charge in [0.25, 0.3) is 0 Å². The van der Waals surface area contributed by atoms with E-state index in [1.54, 1.807) is 12.4 Å². The molecule has 0 bridgehead atoms. The van der Waals surface area contributed by atoms with Crippen LogP contribution in [-0.4, -0.2) is 45.8 Å². The van der Waals surface area contributed by atoms with E-state index in [9.17, 15) is 4.79 Å². The summed E-state index contributed by atoms with van der Waals surface area (Å²) in [6.45, 7) is 1.70. The Labute approximate surface area is 187 Å². The Morgan fingerprint density at radius 3 is 2.94 bits per heavy atom. The average molecular weight is 439 g/mol. The number of hydrogen-bond donors (Lipinski definition) is 0. The van der Waals surface area contributed by atoms with Gasteiger partial charge in [0, 0.05) is 30.7 Å². The largest absolute Gasteiger partial charge is 0.443 e. The molecule has 1 aromatic carbocycles. The highest BCUT2D eigenvalue weighted by Gasteiger charge is 2.31. The van der Waals surface area contributed by atoms with Crippen molar-refractivity contribution < 1.29 is 9.21 Å². The molecule has 1 saturated heterocycles. The Balaban J connectivity index is 1.41. The first kappa shape index (κ1) is 21.5. The Morgan fingerprint density at radius 1 is 1.23 bits per heavy atom. The van der Waals surface area contributed by atoms with Gasteiger partial charge in [-0.25, -0.2) is 4.98 Å². The number of halogens is 1. The zero-order valence-electron chi connectivity index (χ0n) is 17.7. The topological polar surface area (TPSA) is 62.5 Å². The Kier molecular flexibility index (Phi) is 6.99. The minimum absolute atomic E-state index is 0.0951. The molecule has 31 heavy (non-hydrogen) atoms. The maximum absolute atomic E-state index is 13.1. The fourth-order valence-corrected chi connectivity index (χ4v) is 4.25. The molecule has 6 nitrogen and oxygen atoms in total. The molecule has 7 heteroatoms. The number of pyridine rings is 1. The van der Waals surface area contributed by atoms with Crippen molar-refractivity contribution in [2.45, 2.75) is 38.3 Å². The number of likely N-dealkylation sites (tertiary alicyclic amines) is 1. The van der Waals surface area contributed by atoms with Crippen LogP contribution in [0.1, 0.15) is 48.2 Å². The van der Waals surface area contributed by atoms with Crippen molar-refractivity contribution in [3.05, 3.63) is 82.8 Å². The van der Waals surface area contributed by atoms with Crippen LogP contribution in [0.3, 0.4) is 0 Å². The minimum atomic E-state index is -0.113. The van der Waals surface area contributed by atoms with Crippen molar-refractivity contribution in [3.63, 3.8) is 0 Å². The van der Waals surface area contributed by atoms with Crippen LogP contribution in [0.15, 0.2) is 59.3 Å². The zero-order valence-corrected chi connectivity index (χ0v) is 18.5. The highest BCUT2D eigenvalue weighted by Crippen LogP contribution is 2.31. The SMILES string of the molecule is CN(CC(=O)N1CCCCC1c1ncc(Cc2cccc(Cl)c2)o1)Cc1ccccn1. The number of carbonyl (C=O) groups excluding carboxylic acids is 1. The molecule has 0 N–H and O–H groups in total. The van der Waals surface area contributed by atoms with Gasteiger partial charge in [0.1, 0.15) is 11.8 Å². The summed E-state index contributed by atoms with van der Waals surface area (Å²) in [5, 5.41) is 0.705. The standard InChI is InChI=1S/C24H27ClN4O2/c1-28(16-20-9-2-4-11-26-20)17-23(30)29-12-5-3-10-22(29)24-27-15-21(31-24)14-18-7-6-8-19(25)13-18/h2,4,6-9,11,13,15,22H,3,5,10,12,14,16-17H2,1H3. The number of piperidine rings is 1. The van der Waals surface area contributed by atoms with E-state index in [1.807, 2.05) is 59.3 Å². The van der Waals surface area contributed by atoms with E-state index in [2.05, 4.69) is 9.97 Å². The molecule has 1 unspecified atom stereocenters. The summed E-state index contributed by atoms with van der Waals surface area (Å²) in [5.41, 5.74) is 2.02. The lowest BCUT2D eigenvalue weighted by molar-refractivity contribution is -0.136. The monoisotopic (exact) mass is 438 g/mol. The molecule has 0 aliphatic carbocycles. The third-order valence-corrected chi connectivity index (χ3v) is 5.75. The van der Waals surface area contributed by atoms with Crippen LogP contribution in [0, 0.1) is 0 Å². The minimum Gasteiger partial charge on any atom is -0.443 e. The van der Waals surface area contributed by atoms with Crippen LogP contribution in [0.25, 0.3) is 0 Å². The Morgan fingerprint density at radius 2 is 2.13 bits per heavy atom. The van der Waals surface area contributed by atoms with E-state index in [1.165, 1.54) is 0 Å². The van der Waals surface area contributed by atoms with Crippen molar-refractivity contribution in [3.8, 4) is 0 Å².